The van der Waals surface area contributed by atoms with Crippen LogP contribution >= 0.6 is 0 Å². The van der Waals surface area contributed by atoms with Crippen molar-refractivity contribution in [2.45, 2.75) is 20.8 Å². The number of carbonyl (C=O) groups excluding carboxylic acids is 1. The van der Waals surface area contributed by atoms with Crippen LogP contribution in [0.5, 0.6) is 0 Å². The average molecular weight is 168 g/mol. The Morgan fingerprint density at radius 1 is 1.67 bits per heavy atom. The number of nitrogens with zero attached hydrogens (tertiary/aromatic N) is 1. The van der Waals surface area contributed by atoms with Crippen LogP contribution < -0.4 is 5.32 Å². The van der Waals surface area contributed by atoms with Gasteiger partial charge in [0.05, 0.1) is 0 Å². The van der Waals surface area contributed by atoms with Crippen LogP contribution in [0.15, 0.2) is 10.7 Å². The Kier molecular flexibility index (Phi) is 2.47. The van der Waals surface area contributed by atoms with Crippen molar-refractivity contribution in [2.24, 2.45) is 5.92 Å². The van der Waals surface area contributed by atoms with Crippen molar-refractivity contribution in [3.63, 3.8) is 0 Å². The summed E-state index contributed by atoms with van der Waals surface area (Å²) < 4.78 is 4.92. The van der Waals surface area contributed by atoms with Gasteiger partial charge < -0.3 is 9.73 Å². The van der Waals surface area contributed by atoms with E-state index in [-0.39, 0.29) is 11.8 Å². The van der Waals surface area contributed by atoms with Gasteiger partial charge in [-0.3, -0.25) is 4.79 Å². The Balaban J connectivity index is 2.58. The first-order valence-corrected chi connectivity index (χ1v) is 3.82. The molecule has 66 valence electrons. The summed E-state index contributed by atoms with van der Waals surface area (Å²) in [6, 6.07) is 0. The molecular weight excluding hydrogens is 156 g/mol. The van der Waals surface area contributed by atoms with E-state index in [1.54, 1.807) is 6.92 Å². The Labute approximate surface area is 71.0 Å². The first-order valence-electron chi connectivity index (χ1n) is 3.82. The number of aromatic nitrogens is 1. The molecule has 4 heteroatoms. The first-order chi connectivity index (χ1) is 5.59. The molecular formula is C8H12N2O2. The summed E-state index contributed by atoms with van der Waals surface area (Å²) in [7, 11) is 0. The molecule has 0 bridgehead atoms. The minimum Gasteiger partial charge on any atom is -0.447 e. The molecule has 0 saturated carbocycles. The van der Waals surface area contributed by atoms with Crippen LogP contribution in [0.2, 0.25) is 0 Å². The second kappa shape index (κ2) is 3.38. The highest BCUT2D eigenvalue weighted by Crippen LogP contribution is 2.07. The molecule has 0 radical (unpaired) electrons. The number of rotatable bonds is 2. The van der Waals surface area contributed by atoms with Crippen molar-refractivity contribution in [2.75, 3.05) is 5.32 Å². The maximum absolute atomic E-state index is 11.1. The first kappa shape index (κ1) is 8.77. The Bertz CT molecular complexity index is 278. The molecule has 1 heterocycles. The molecule has 0 aliphatic carbocycles. The number of hydrogen-bond donors (Lipinski definition) is 1. The third kappa shape index (κ3) is 2.08. The predicted octanol–water partition coefficient (Wildman–Crippen LogP) is 1.58. The summed E-state index contributed by atoms with van der Waals surface area (Å²) in [6.07, 6.45) is 1.43. The minimum atomic E-state index is -0.0525. The molecule has 0 aliphatic heterocycles. The molecule has 0 spiro atoms. The van der Waals surface area contributed by atoms with E-state index >= 15 is 0 Å². The Morgan fingerprint density at radius 2 is 2.33 bits per heavy atom. The summed E-state index contributed by atoms with van der Waals surface area (Å²) >= 11 is 0. The summed E-state index contributed by atoms with van der Waals surface area (Å²) in [5.41, 5.74) is 0. The molecule has 0 atom stereocenters. The van der Waals surface area contributed by atoms with Crippen LogP contribution in [-0.2, 0) is 4.79 Å². The summed E-state index contributed by atoms with van der Waals surface area (Å²) in [4.78, 5) is 15.1. The zero-order valence-electron chi connectivity index (χ0n) is 7.42. The van der Waals surface area contributed by atoms with Gasteiger partial charge in [0.1, 0.15) is 6.26 Å². The molecule has 4 nitrogen and oxygen atoms in total. The number of anilines is 1. The molecule has 1 amide bonds. The topological polar surface area (TPSA) is 55.1 Å². The van der Waals surface area contributed by atoms with Crippen LogP contribution in [0, 0.1) is 12.8 Å². The number of nitrogens with one attached hydrogen (secondary N) is 1. The Hall–Kier alpha value is -1.32. The van der Waals surface area contributed by atoms with Crippen molar-refractivity contribution in [3.8, 4) is 0 Å². The van der Waals surface area contributed by atoms with Crippen molar-refractivity contribution >= 4 is 11.7 Å². The third-order valence-electron chi connectivity index (χ3n) is 1.39. The van der Waals surface area contributed by atoms with Crippen molar-refractivity contribution in [1.82, 2.24) is 4.98 Å². The summed E-state index contributed by atoms with van der Waals surface area (Å²) in [5, 5.41) is 2.62. The van der Waals surface area contributed by atoms with Gasteiger partial charge in [-0.05, 0) is 0 Å². The van der Waals surface area contributed by atoms with Crippen molar-refractivity contribution < 1.29 is 9.21 Å². The molecule has 0 unspecified atom stereocenters. The van der Waals surface area contributed by atoms with Crippen molar-refractivity contribution in [3.05, 3.63) is 12.2 Å². The maximum atomic E-state index is 11.1. The van der Waals surface area contributed by atoms with Gasteiger partial charge in [-0.25, -0.2) is 0 Å². The predicted molar refractivity (Wildman–Crippen MR) is 44.7 cm³/mol. The van der Waals surface area contributed by atoms with E-state index in [0.29, 0.717) is 11.7 Å². The Morgan fingerprint density at radius 3 is 2.75 bits per heavy atom. The van der Waals surface area contributed by atoms with Crippen LogP contribution in [0.1, 0.15) is 19.7 Å². The second-order valence-corrected chi connectivity index (χ2v) is 2.90. The summed E-state index contributed by atoms with van der Waals surface area (Å²) in [5.74, 6) is 0.936. The molecule has 1 aromatic heterocycles. The summed E-state index contributed by atoms with van der Waals surface area (Å²) in [6.45, 7) is 5.37. The lowest BCUT2D eigenvalue weighted by molar-refractivity contribution is -0.118. The van der Waals surface area contributed by atoms with E-state index in [1.807, 2.05) is 13.8 Å². The number of hydrogen-bond acceptors (Lipinski definition) is 3. The van der Waals surface area contributed by atoms with Gasteiger partial charge in [0.25, 0.3) is 0 Å². The largest absolute Gasteiger partial charge is 0.447 e. The smallest absolute Gasteiger partial charge is 0.228 e. The van der Waals surface area contributed by atoms with Gasteiger partial charge in [-0.1, -0.05) is 13.8 Å². The van der Waals surface area contributed by atoms with Gasteiger partial charge in [0, 0.05) is 12.8 Å². The van der Waals surface area contributed by atoms with E-state index in [4.69, 9.17) is 4.42 Å². The second-order valence-electron chi connectivity index (χ2n) is 2.90. The highest BCUT2D eigenvalue weighted by atomic mass is 16.3. The number of oxazole rings is 1. The van der Waals surface area contributed by atoms with Crippen molar-refractivity contribution in [1.29, 1.82) is 0 Å². The highest BCUT2D eigenvalue weighted by Gasteiger charge is 2.08. The quantitative estimate of drug-likeness (QED) is 0.729. The van der Waals surface area contributed by atoms with Gasteiger partial charge in [-0.2, -0.15) is 4.98 Å². The standard InChI is InChI=1S/C8H12N2O2/c1-5(2)8(11)10-7-4-12-6(3)9-7/h4-5H,1-3H3,(H,10,11). The van der Waals surface area contributed by atoms with E-state index in [0.717, 1.165) is 0 Å². The van der Waals surface area contributed by atoms with E-state index < -0.39 is 0 Å². The lowest BCUT2D eigenvalue weighted by Crippen LogP contribution is -2.17. The van der Waals surface area contributed by atoms with Gasteiger partial charge >= 0.3 is 0 Å². The van der Waals surface area contributed by atoms with Gasteiger partial charge in [-0.15, -0.1) is 0 Å². The number of amides is 1. The SMILES string of the molecule is Cc1nc(NC(=O)C(C)C)co1. The van der Waals surface area contributed by atoms with Crippen LogP contribution in [-0.4, -0.2) is 10.9 Å². The van der Waals surface area contributed by atoms with E-state index in [9.17, 15) is 4.79 Å². The molecule has 0 aliphatic rings. The number of aryl methyl sites for hydroxylation is 1. The molecule has 0 fully saturated rings. The van der Waals surface area contributed by atoms with Crippen LogP contribution in [0.4, 0.5) is 5.82 Å². The minimum absolute atomic E-state index is 0.0398. The third-order valence-corrected chi connectivity index (χ3v) is 1.39. The molecule has 1 N–H and O–H groups in total. The molecule has 1 rings (SSSR count). The van der Waals surface area contributed by atoms with Gasteiger partial charge in [0.2, 0.25) is 5.91 Å². The molecule has 12 heavy (non-hydrogen) atoms. The highest BCUT2D eigenvalue weighted by molar-refractivity contribution is 5.90. The fraction of sp³-hybridized carbons (Fsp3) is 0.500. The molecule has 1 aromatic rings. The monoisotopic (exact) mass is 168 g/mol. The van der Waals surface area contributed by atoms with E-state index in [2.05, 4.69) is 10.3 Å². The molecule has 0 aromatic carbocycles. The lowest BCUT2D eigenvalue weighted by atomic mass is 10.2. The maximum Gasteiger partial charge on any atom is 0.228 e. The zero-order chi connectivity index (χ0) is 9.14. The number of carbonyl (C=O) groups is 1. The zero-order valence-corrected chi connectivity index (χ0v) is 7.42. The van der Waals surface area contributed by atoms with Gasteiger partial charge in [0.15, 0.2) is 11.7 Å². The lowest BCUT2D eigenvalue weighted by Gasteiger charge is -2.02. The fourth-order valence-corrected chi connectivity index (χ4v) is 0.691. The molecule has 0 saturated heterocycles. The van der Waals surface area contributed by atoms with Crippen LogP contribution in [0.3, 0.4) is 0 Å². The fourth-order valence-electron chi connectivity index (χ4n) is 0.691. The van der Waals surface area contributed by atoms with Crippen LogP contribution in [0.25, 0.3) is 0 Å². The normalized spacial score (nSPS) is 10.3. The average Bonchev–Trinajstić information content (AvgIpc) is 2.35. The van der Waals surface area contributed by atoms with E-state index in [1.165, 1.54) is 6.26 Å².